The Hall–Kier alpha value is -2.82. The number of phenolic OH excluding ortho intramolecular Hbond substituents is 1. The van der Waals surface area contributed by atoms with Gasteiger partial charge in [-0.3, -0.25) is 0 Å². The van der Waals surface area contributed by atoms with Crippen LogP contribution in [0, 0.1) is 17.8 Å². The number of methoxy groups -OCH3 is 2. The monoisotopic (exact) mass is 511 g/mol. The number of phenols is 1. The maximum Gasteiger partial charge on any atom is 0.159 e. The Bertz CT molecular complexity index is 1220. The van der Waals surface area contributed by atoms with Crippen LogP contribution < -0.4 is 4.90 Å². The van der Waals surface area contributed by atoms with Crippen molar-refractivity contribution in [2.24, 2.45) is 17.8 Å². The molecule has 6 rings (SSSR count). The molecule has 2 fully saturated rings. The predicted molar refractivity (Wildman–Crippen MR) is 154 cm³/mol. The van der Waals surface area contributed by atoms with Crippen LogP contribution in [0.1, 0.15) is 61.1 Å². The molecular weight excluding hydrogens is 470 g/mol. The predicted octanol–water partition coefficient (Wildman–Crippen LogP) is 7.39. The number of nitrogens with zero attached hydrogens (tertiary/aromatic N) is 1. The summed E-state index contributed by atoms with van der Waals surface area (Å²) < 4.78 is 11.0. The topological polar surface area (TPSA) is 41.9 Å². The molecule has 0 radical (unpaired) electrons. The number of aryl methyl sites for hydroxylation is 1. The van der Waals surface area contributed by atoms with E-state index in [1.54, 1.807) is 20.3 Å². The highest BCUT2D eigenvalue weighted by Crippen LogP contribution is 2.50. The van der Waals surface area contributed by atoms with Crippen LogP contribution in [-0.2, 0) is 15.9 Å². The number of aromatic hydroxyl groups is 1. The molecule has 0 amide bonds. The first-order valence-electron chi connectivity index (χ1n) is 14.5. The fourth-order valence-electron chi connectivity index (χ4n) is 7.34. The smallest absolute Gasteiger partial charge is 0.159 e. The van der Waals surface area contributed by atoms with Gasteiger partial charge in [0.1, 0.15) is 5.75 Å². The molecule has 3 aliphatic rings. The van der Waals surface area contributed by atoms with Crippen LogP contribution in [0.4, 0.5) is 5.69 Å². The number of hydrogen-bond acceptors (Lipinski definition) is 4. The number of hydrogen-bond donors (Lipinski definition) is 1. The minimum Gasteiger partial charge on any atom is -0.507 e. The molecule has 0 aromatic heterocycles. The summed E-state index contributed by atoms with van der Waals surface area (Å²) in [6.45, 7) is 2.08. The van der Waals surface area contributed by atoms with Gasteiger partial charge in [0.15, 0.2) is 6.29 Å². The second kappa shape index (κ2) is 11.1. The van der Waals surface area contributed by atoms with Gasteiger partial charge in [-0.25, -0.2) is 0 Å². The number of ether oxygens (including phenoxy) is 2. The van der Waals surface area contributed by atoms with Crippen LogP contribution in [0.3, 0.4) is 0 Å². The lowest BCUT2D eigenvalue weighted by Gasteiger charge is -2.43. The quantitative estimate of drug-likeness (QED) is 0.336. The van der Waals surface area contributed by atoms with Gasteiger partial charge >= 0.3 is 0 Å². The van der Waals surface area contributed by atoms with Gasteiger partial charge in [-0.05, 0) is 78.0 Å². The van der Waals surface area contributed by atoms with Crippen molar-refractivity contribution in [3.05, 3.63) is 83.4 Å². The minimum atomic E-state index is -0.0966. The Morgan fingerprint density at radius 3 is 2.24 bits per heavy atom. The van der Waals surface area contributed by atoms with Crippen molar-refractivity contribution in [3.8, 4) is 16.9 Å². The number of piperidine rings is 1. The van der Waals surface area contributed by atoms with Crippen molar-refractivity contribution in [2.75, 3.05) is 32.2 Å². The number of fused-ring (bicyclic) bond motifs is 1. The first kappa shape index (κ1) is 25.5. The summed E-state index contributed by atoms with van der Waals surface area (Å²) in [6.07, 6.45) is 8.61. The molecule has 3 aromatic carbocycles. The molecule has 1 heterocycles. The highest BCUT2D eigenvalue weighted by Gasteiger charge is 2.38. The van der Waals surface area contributed by atoms with E-state index in [0.717, 1.165) is 49.4 Å². The van der Waals surface area contributed by atoms with Gasteiger partial charge in [-0.1, -0.05) is 67.8 Å². The molecule has 200 valence electrons. The molecule has 4 nitrogen and oxygen atoms in total. The molecular formula is C34H41NO3. The highest BCUT2D eigenvalue weighted by atomic mass is 16.7. The van der Waals surface area contributed by atoms with E-state index in [1.165, 1.54) is 48.1 Å². The molecule has 2 atom stereocenters. The number of anilines is 1. The summed E-state index contributed by atoms with van der Waals surface area (Å²) in [7, 11) is 3.48. The number of rotatable bonds is 7. The van der Waals surface area contributed by atoms with E-state index < -0.39 is 0 Å². The van der Waals surface area contributed by atoms with Gasteiger partial charge in [0.05, 0.1) is 0 Å². The Balaban J connectivity index is 1.25. The van der Waals surface area contributed by atoms with Gasteiger partial charge < -0.3 is 19.5 Å². The van der Waals surface area contributed by atoms with Crippen molar-refractivity contribution in [3.63, 3.8) is 0 Å². The van der Waals surface area contributed by atoms with E-state index in [9.17, 15) is 5.11 Å². The van der Waals surface area contributed by atoms with E-state index in [-0.39, 0.29) is 6.29 Å². The van der Waals surface area contributed by atoms with Crippen LogP contribution >= 0.6 is 0 Å². The first-order valence-corrected chi connectivity index (χ1v) is 14.5. The zero-order valence-corrected chi connectivity index (χ0v) is 22.8. The summed E-state index contributed by atoms with van der Waals surface area (Å²) in [5, 5.41) is 10.4. The van der Waals surface area contributed by atoms with Crippen LogP contribution in [0.2, 0.25) is 0 Å². The van der Waals surface area contributed by atoms with Gasteiger partial charge in [-0.2, -0.15) is 0 Å². The van der Waals surface area contributed by atoms with Gasteiger partial charge in [0.2, 0.25) is 0 Å². The van der Waals surface area contributed by atoms with Crippen LogP contribution in [0.25, 0.3) is 11.1 Å². The van der Waals surface area contributed by atoms with Crippen molar-refractivity contribution in [1.82, 2.24) is 0 Å². The van der Waals surface area contributed by atoms with Crippen LogP contribution in [0.5, 0.6) is 5.75 Å². The second-order valence-corrected chi connectivity index (χ2v) is 11.6. The Morgan fingerprint density at radius 1 is 0.842 bits per heavy atom. The molecule has 1 N–H and O–H groups in total. The molecule has 2 aliphatic carbocycles. The molecule has 1 saturated heterocycles. The molecule has 0 unspecified atom stereocenters. The summed E-state index contributed by atoms with van der Waals surface area (Å²) in [4.78, 5) is 2.51. The van der Waals surface area contributed by atoms with Crippen LogP contribution in [0.15, 0.2) is 66.7 Å². The normalized spacial score (nSPS) is 22.3. The molecule has 4 heteroatoms. The fourth-order valence-corrected chi connectivity index (χ4v) is 7.34. The Kier molecular flexibility index (Phi) is 7.45. The lowest BCUT2D eigenvalue weighted by atomic mass is 9.62. The third-order valence-electron chi connectivity index (χ3n) is 9.63. The molecule has 1 saturated carbocycles. The van der Waals surface area contributed by atoms with Crippen molar-refractivity contribution < 1.29 is 14.6 Å². The van der Waals surface area contributed by atoms with Crippen LogP contribution in [-0.4, -0.2) is 38.7 Å². The maximum absolute atomic E-state index is 10.4. The van der Waals surface area contributed by atoms with Crippen molar-refractivity contribution >= 4 is 5.69 Å². The third-order valence-corrected chi connectivity index (χ3v) is 9.63. The SMILES string of the molecule is COC(OC)C1CCN(c2ccc([C@@H]3c4ccc(-c5ccccc5O)cc4CC[C@@H]3C3CCC3)cc2)CC1. The van der Waals surface area contributed by atoms with Crippen molar-refractivity contribution in [2.45, 2.75) is 57.2 Å². The highest BCUT2D eigenvalue weighted by molar-refractivity contribution is 5.71. The largest absolute Gasteiger partial charge is 0.507 e. The lowest BCUT2D eigenvalue weighted by Crippen LogP contribution is -2.39. The summed E-state index contributed by atoms with van der Waals surface area (Å²) in [5.74, 6) is 2.83. The molecule has 1 aliphatic heterocycles. The fraction of sp³-hybridized carbons (Fsp3) is 0.471. The van der Waals surface area contributed by atoms with Crippen molar-refractivity contribution in [1.29, 1.82) is 0 Å². The minimum absolute atomic E-state index is 0.0966. The standard InChI is InChI=1S/C34H41NO3/c1-37-34(38-2)25-18-20-35(21-19-25)28-14-10-24(11-15-28)33-30(23-6-5-7-23)16-13-27-22-26(12-17-31(27)33)29-8-3-4-9-32(29)36/h3-4,8-12,14-15,17,22-23,25,30,33-34,36H,5-7,13,16,18-21H2,1-2H3/t30-,33+/m1/s1. The maximum atomic E-state index is 10.4. The Labute approximate surface area is 227 Å². The van der Waals surface area contributed by atoms with E-state index in [0.29, 0.717) is 23.5 Å². The molecule has 3 aromatic rings. The first-order chi connectivity index (χ1) is 18.7. The number of para-hydroxylation sites is 1. The van der Waals surface area contributed by atoms with E-state index >= 15 is 0 Å². The molecule has 0 spiro atoms. The second-order valence-electron chi connectivity index (χ2n) is 11.6. The van der Waals surface area contributed by atoms with Gasteiger partial charge in [0.25, 0.3) is 0 Å². The average Bonchev–Trinajstić information content (AvgIpc) is 2.93. The zero-order valence-electron chi connectivity index (χ0n) is 22.8. The van der Waals surface area contributed by atoms with Gasteiger partial charge in [-0.15, -0.1) is 0 Å². The van der Waals surface area contributed by atoms with E-state index in [1.807, 2.05) is 18.2 Å². The lowest BCUT2D eigenvalue weighted by molar-refractivity contribution is -0.141. The number of benzene rings is 3. The summed E-state index contributed by atoms with van der Waals surface area (Å²) >= 11 is 0. The zero-order chi connectivity index (χ0) is 26.1. The third kappa shape index (κ3) is 4.85. The van der Waals surface area contributed by atoms with E-state index in [4.69, 9.17) is 9.47 Å². The Morgan fingerprint density at radius 2 is 1.58 bits per heavy atom. The summed E-state index contributed by atoms with van der Waals surface area (Å²) in [6, 6.07) is 24.1. The molecule has 0 bridgehead atoms. The van der Waals surface area contributed by atoms with E-state index in [2.05, 4.69) is 47.4 Å². The summed E-state index contributed by atoms with van der Waals surface area (Å²) in [5.41, 5.74) is 7.75. The molecule has 38 heavy (non-hydrogen) atoms. The van der Waals surface area contributed by atoms with Gasteiger partial charge in [0, 0.05) is 50.4 Å². The average molecular weight is 512 g/mol.